The van der Waals surface area contributed by atoms with Gasteiger partial charge in [0.25, 0.3) is 5.69 Å². The molecule has 0 saturated carbocycles. The topological polar surface area (TPSA) is 80.5 Å². The highest BCUT2D eigenvalue weighted by Crippen LogP contribution is 2.32. The van der Waals surface area contributed by atoms with Gasteiger partial charge < -0.3 is 4.90 Å². The molecule has 0 radical (unpaired) electrons. The molecule has 1 aromatic rings. The predicted molar refractivity (Wildman–Crippen MR) is 77.1 cm³/mol. The summed E-state index contributed by atoms with van der Waals surface area (Å²) in [5.41, 5.74) is 0.293. The molecule has 0 bridgehead atoms. The maximum atomic E-state index is 11.7. The number of nitro benzene ring substituents is 1. The maximum absolute atomic E-state index is 11.7. The van der Waals surface area contributed by atoms with E-state index in [-0.39, 0.29) is 10.6 Å². The minimum absolute atomic E-state index is 0.111. The summed E-state index contributed by atoms with van der Waals surface area (Å²) in [6, 6.07) is 3.99. The molecule has 0 aromatic heterocycles. The number of hydrogen-bond acceptors (Lipinski definition) is 5. The summed E-state index contributed by atoms with van der Waals surface area (Å²) in [6.45, 7) is 1.50. The predicted octanol–water partition coefficient (Wildman–Crippen LogP) is 2.56. The second kappa shape index (κ2) is 5.97. The van der Waals surface area contributed by atoms with Crippen LogP contribution < -0.4 is 4.90 Å². The number of hydrogen-bond donors (Lipinski definition) is 0. The van der Waals surface area contributed by atoms with Crippen molar-refractivity contribution in [2.75, 3.05) is 23.2 Å². The van der Waals surface area contributed by atoms with Crippen molar-refractivity contribution in [3.8, 4) is 0 Å². The molecule has 110 valence electrons. The third-order valence-corrected chi connectivity index (χ3v) is 5.46. The Kier molecular flexibility index (Phi) is 4.49. The van der Waals surface area contributed by atoms with Gasteiger partial charge in [0.2, 0.25) is 0 Å². The Bertz CT molecular complexity index is 612. The number of alkyl halides is 1. The van der Waals surface area contributed by atoms with E-state index in [1.54, 1.807) is 0 Å². The fraction of sp³-hybridized carbons (Fsp3) is 0.500. The summed E-state index contributed by atoms with van der Waals surface area (Å²) in [5, 5.41) is 10.6. The summed E-state index contributed by atoms with van der Waals surface area (Å²) in [4.78, 5) is 12.5. The highest BCUT2D eigenvalue weighted by Gasteiger charge is 2.24. The molecule has 1 aliphatic heterocycles. The second-order valence-corrected chi connectivity index (χ2v) is 7.25. The third kappa shape index (κ3) is 3.04. The summed E-state index contributed by atoms with van der Waals surface area (Å²) in [5.74, 6) is 0. The monoisotopic (exact) mass is 318 g/mol. The first-order valence-electron chi connectivity index (χ1n) is 6.28. The second-order valence-electron chi connectivity index (χ2n) is 4.68. The van der Waals surface area contributed by atoms with Crippen LogP contribution in [-0.2, 0) is 9.84 Å². The highest BCUT2D eigenvalue weighted by atomic mass is 35.5. The van der Waals surface area contributed by atoms with Crippen molar-refractivity contribution in [2.45, 2.75) is 24.2 Å². The molecule has 8 heteroatoms. The van der Waals surface area contributed by atoms with Crippen LogP contribution in [0, 0.1) is 10.1 Å². The van der Waals surface area contributed by atoms with Crippen molar-refractivity contribution in [3.63, 3.8) is 0 Å². The highest BCUT2D eigenvalue weighted by molar-refractivity contribution is 7.92. The van der Waals surface area contributed by atoms with Gasteiger partial charge in [0.05, 0.1) is 9.82 Å². The molecule has 1 aliphatic rings. The van der Waals surface area contributed by atoms with E-state index >= 15 is 0 Å². The lowest BCUT2D eigenvalue weighted by Crippen LogP contribution is -2.30. The number of piperidine rings is 1. The summed E-state index contributed by atoms with van der Waals surface area (Å²) in [6.07, 6.45) is 3.08. The third-order valence-electron chi connectivity index (χ3n) is 3.34. The summed E-state index contributed by atoms with van der Waals surface area (Å²) in [7, 11) is -3.66. The number of nitrogens with zero attached hydrogens (tertiary/aromatic N) is 2. The molecule has 6 nitrogen and oxygen atoms in total. The van der Waals surface area contributed by atoms with Crippen LogP contribution in [0.25, 0.3) is 0 Å². The molecule has 1 saturated heterocycles. The molecule has 1 aromatic carbocycles. The SMILES string of the molecule is O=[N+]([O-])c1cc(S(=O)(=O)CCl)ccc1N1CCCCC1. The Morgan fingerprint density at radius 3 is 2.45 bits per heavy atom. The Labute approximate surface area is 122 Å². The fourth-order valence-electron chi connectivity index (χ4n) is 2.31. The van der Waals surface area contributed by atoms with Gasteiger partial charge in [-0.25, -0.2) is 8.42 Å². The molecule has 1 heterocycles. The Hall–Kier alpha value is -1.34. The van der Waals surface area contributed by atoms with Gasteiger partial charge in [-0.3, -0.25) is 10.1 Å². The van der Waals surface area contributed by atoms with E-state index < -0.39 is 20.0 Å². The first-order valence-corrected chi connectivity index (χ1v) is 8.46. The Morgan fingerprint density at radius 1 is 1.25 bits per heavy atom. The molecule has 0 unspecified atom stereocenters. The van der Waals surface area contributed by atoms with Crippen LogP contribution in [0.1, 0.15) is 19.3 Å². The van der Waals surface area contributed by atoms with E-state index in [1.165, 1.54) is 12.1 Å². The van der Waals surface area contributed by atoms with Gasteiger partial charge in [0.1, 0.15) is 10.9 Å². The van der Waals surface area contributed by atoms with Crippen LogP contribution in [0.3, 0.4) is 0 Å². The van der Waals surface area contributed by atoms with Gasteiger partial charge in [0, 0.05) is 19.2 Å². The molecule has 0 N–H and O–H groups in total. The molecule has 0 atom stereocenters. The van der Waals surface area contributed by atoms with Gasteiger partial charge in [-0.15, -0.1) is 11.6 Å². The van der Waals surface area contributed by atoms with E-state index in [9.17, 15) is 18.5 Å². The van der Waals surface area contributed by atoms with Crippen molar-refractivity contribution < 1.29 is 13.3 Å². The van der Waals surface area contributed by atoms with Gasteiger partial charge >= 0.3 is 0 Å². The quantitative estimate of drug-likeness (QED) is 0.484. The molecule has 2 rings (SSSR count). The molecule has 0 aliphatic carbocycles. The van der Waals surface area contributed by atoms with E-state index in [4.69, 9.17) is 11.6 Å². The standard InChI is InChI=1S/C12H15ClN2O4S/c13-9-20(18,19)10-4-5-11(12(8-10)15(16)17)14-6-2-1-3-7-14/h4-5,8H,1-3,6-7,9H2. The van der Waals surface area contributed by atoms with E-state index in [0.29, 0.717) is 5.69 Å². The number of anilines is 1. The summed E-state index contributed by atoms with van der Waals surface area (Å²) < 4.78 is 23.4. The zero-order valence-corrected chi connectivity index (χ0v) is 12.4. The van der Waals surface area contributed by atoms with Crippen molar-refractivity contribution in [1.29, 1.82) is 0 Å². The molecular weight excluding hydrogens is 304 g/mol. The van der Waals surface area contributed by atoms with E-state index in [2.05, 4.69) is 0 Å². The van der Waals surface area contributed by atoms with Crippen LogP contribution in [0.4, 0.5) is 11.4 Å². The van der Waals surface area contributed by atoms with Gasteiger partial charge in [-0.2, -0.15) is 0 Å². The lowest BCUT2D eigenvalue weighted by molar-refractivity contribution is -0.384. The zero-order chi connectivity index (χ0) is 14.8. The smallest absolute Gasteiger partial charge is 0.293 e. The van der Waals surface area contributed by atoms with Crippen LogP contribution in [0.2, 0.25) is 0 Å². The van der Waals surface area contributed by atoms with Crippen molar-refractivity contribution in [2.24, 2.45) is 0 Å². The van der Waals surface area contributed by atoms with Crippen LogP contribution >= 0.6 is 11.6 Å². The molecule has 1 fully saturated rings. The number of sulfone groups is 1. The van der Waals surface area contributed by atoms with Gasteiger partial charge in [0.15, 0.2) is 9.84 Å². The largest absolute Gasteiger partial charge is 0.366 e. The fourth-order valence-corrected chi connectivity index (χ4v) is 3.38. The molecule has 0 spiro atoms. The number of nitro groups is 1. The van der Waals surface area contributed by atoms with Crippen molar-refractivity contribution in [3.05, 3.63) is 28.3 Å². The van der Waals surface area contributed by atoms with Crippen molar-refractivity contribution in [1.82, 2.24) is 0 Å². The van der Waals surface area contributed by atoms with Crippen LogP contribution in [-0.4, -0.2) is 31.6 Å². The average Bonchev–Trinajstić information content (AvgIpc) is 2.47. The minimum atomic E-state index is -3.66. The lowest BCUT2D eigenvalue weighted by atomic mass is 10.1. The minimum Gasteiger partial charge on any atom is -0.366 e. The lowest BCUT2D eigenvalue weighted by Gasteiger charge is -2.28. The average molecular weight is 319 g/mol. The Morgan fingerprint density at radius 2 is 1.90 bits per heavy atom. The van der Waals surface area contributed by atoms with E-state index in [1.807, 2.05) is 4.90 Å². The molecular formula is C12H15ClN2O4S. The van der Waals surface area contributed by atoms with Crippen molar-refractivity contribution >= 4 is 32.8 Å². The Balaban J connectivity index is 2.46. The first-order chi connectivity index (χ1) is 9.45. The first kappa shape index (κ1) is 15.1. The van der Waals surface area contributed by atoms with Gasteiger partial charge in [-0.05, 0) is 31.4 Å². The van der Waals surface area contributed by atoms with E-state index in [0.717, 1.165) is 38.4 Å². The number of halogens is 1. The van der Waals surface area contributed by atoms with Crippen LogP contribution in [0.5, 0.6) is 0 Å². The maximum Gasteiger partial charge on any atom is 0.293 e. The zero-order valence-electron chi connectivity index (χ0n) is 10.8. The number of rotatable bonds is 4. The normalized spacial score (nSPS) is 16.1. The molecule has 0 amide bonds. The summed E-state index contributed by atoms with van der Waals surface area (Å²) >= 11 is 5.38. The number of benzene rings is 1. The molecule has 20 heavy (non-hydrogen) atoms. The van der Waals surface area contributed by atoms with Crippen LogP contribution in [0.15, 0.2) is 23.1 Å². The van der Waals surface area contributed by atoms with Gasteiger partial charge in [-0.1, -0.05) is 0 Å².